The maximum absolute atomic E-state index is 13.7. The van der Waals surface area contributed by atoms with Crippen LogP contribution in [0.5, 0.6) is 0 Å². The second-order valence-corrected chi connectivity index (χ2v) is 6.59. The molecule has 0 aliphatic carbocycles. The molecule has 0 aliphatic heterocycles. The zero-order chi connectivity index (χ0) is 21.3. The Hall–Kier alpha value is -3.33. The van der Waals surface area contributed by atoms with Crippen molar-refractivity contribution in [3.05, 3.63) is 79.9 Å². The van der Waals surface area contributed by atoms with Crippen LogP contribution in [0.3, 0.4) is 0 Å². The normalized spacial score (nSPS) is 10.9. The van der Waals surface area contributed by atoms with Gasteiger partial charge in [0.2, 0.25) is 5.91 Å². The van der Waals surface area contributed by atoms with Crippen LogP contribution in [0.1, 0.15) is 21.5 Å². The largest absolute Gasteiger partial charge is 0.477 e. The molecule has 0 bridgehead atoms. The van der Waals surface area contributed by atoms with E-state index in [2.05, 4.69) is 10.3 Å². The summed E-state index contributed by atoms with van der Waals surface area (Å²) in [7, 11) is 0. The number of carbonyl (C=O) groups is 2. The molecule has 10 heteroatoms. The van der Waals surface area contributed by atoms with Gasteiger partial charge in [0.1, 0.15) is 11.4 Å². The lowest BCUT2D eigenvalue weighted by Gasteiger charge is -2.10. The summed E-state index contributed by atoms with van der Waals surface area (Å²) in [5.74, 6) is -5.79. The molecular formula is C19H12ClF3N2O4. The van der Waals surface area contributed by atoms with E-state index in [-0.39, 0.29) is 22.6 Å². The molecule has 1 aromatic heterocycles. The van der Waals surface area contributed by atoms with Gasteiger partial charge in [-0.05, 0) is 29.8 Å². The number of pyridine rings is 1. The molecule has 0 saturated carbocycles. The van der Waals surface area contributed by atoms with Crippen LogP contribution in [0.25, 0.3) is 10.9 Å². The minimum Gasteiger partial charge on any atom is -0.477 e. The van der Waals surface area contributed by atoms with Crippen molar-refractivity contribution in [3.8, 4) is 0 Å². The van der Waals surface area contributed by atoms with Crippen molar-refractivity contribution in [2.24, 2.45) is 0 Å². The first-order valence-corrected chi connectivity index (χ1v) is 8.52. The van der Waals surface area contributed by atoms with Gasteiger partial charge in [0.15, 0.2) is 11.6 Å². The van der Waals surface area contributed by atoms with Crippen molar-refractivity contribution in [2.45, 2.75) is 13.0 Å². The van der Waals surface area contributed by atoms with Crippen LogP contribution < -0.4 is 10.9 Å². The predicted octanol–water partition coefficient (Wildman–Crippen LogP) is 3.16. The number of fused-ring (bicyclic) bond motifs is 1. The summed E-state index contributed by atoms with van der Waals surface area (Å²) < 4.78 is 39.9. The monoisotopic (exact) mass is 424 g/mol. The molecule has 0 spiro atoms. The van der Waals surface area contributed by atoms with E-state index in [0.29, 0.717) is 23.1 Å². The van der Waals surface area contributed by atoms with Gasteiger partial charge in [-0.1, -0.05) is 11.6 Å². The van der Waals surface area contributed by atoms with Crippen LogP contribution in [0, 0.1) is 17.5 Å². The Morgan fingerprint density at radius 1 is 1.00 bits per heavy atom. The smallest absolute Gasteiger partial charge is 0.341 e. The third-order valence-electron chi connectivity index (χ3n) is 4.15. The third kappa shape index (κ3) is 4.40. The van der Waals surface area contributed by atoms with E-state index >= 15 is 0 Å². The maximum Gasteiger partial charge on any atom is 0.341 e. The Morgan fingerprint density at radius 3 is 2.38 bits per heavy atom. The van der Waals surface area contributed by atoms with Crippen molar-refractivity contribution < 1.29 is 27.9 Å². The fourth-order valence-electron chi connectivity index (χ4n) is 2.78. The molecular weight excluding hydrogens is 413 g/mol. The highest BCUT2D eigenvalue weighted by atomic mass is 35.5. The van der Waals surface area contributed by atoms with Gasteiger partial charge in [-0.25, -0.2) is 18.0 Å². The van der Waals surface area contributed by atoms with Crippen molar-refractivity contribution in [2.75, 3.05) is 0 Å². The highest BCUT2D eigenvalue weighted by Crippen LogP contribution is 2.22. The van der Waals surface area contributed by atoms with Gasteiger partial charge in [0.05, 0.1) is 11.9 Å². The number of halogens is 4. The highest BCUT2D eigenvalue weighted by molar-refractivity contribution is 6.31. The van der Waals surface area contributed by atoms with Crippen molar-refractivity contribution in [3.63, 3.8) is 0 Å². The maximum atomic E-state index is 13.7. The quantitative estimate of drug-likeness (QED) is 0.548. The first kappa shape index (κ1) is 20.4. The van der Waals surface area contributed by atoms with Crippen LogP contribution in [0.15, 0.2) is 35.1 Å². The van der Waals surface area contributed by atoms with Crippen LogP contribution in [-0.4, -0.2) is 22.0 Å². The third-order valence-corrected chi connectivity index (χ3v) is 4.36. The molecule has 1 amide bonds. The molecule has 0 saturated heterocycles. The number of aromatic amines is 1. The standard InChI is InChI=1S/C19H12ClF3N2O4/c20-11-1-9-3-12(19(28)29)18(27)25-17(9)10(2-11)7-24-16(26)5-8-4-14(22)15(23)6-13(8)21/h1-4,6H,5,7H2,(H,24,26)(H,25,27)(H,28,29). The highest BCUT2D eigenvalue weighted by Gasteiger charge is 2.15. The zero-order valence-electron chi connectivity index (χ0n) is 14.5. The van der Waals surface area contributed by atoms with Gasteiger partial charge in [0, 0.05) is 28.6 Å². The molecule has 29 heavy (non-hydrogen) atoms. The Bertz CT molecular complexity index is 1210. The zero-order valence-corrected chi connectivity index (χ0v) is 15.2. The SMILES string of the molecule is O=C(Cc1cc(F)c(F)cc1F)NCc1cc(Cl)cc2cc(C(=O)O)c(=O)[nH]c12. The lowest BCUT2D eigenvalue weighted by atomic mass is 10.1. The Balaban J connectivity index is 1.84. The second-order valence-electron chi connectivity index (χ2n) is 6.16. The minimum atomic E-state index is -1.41. The fourth-order valence-corrected chi connectivity index (χ4v) is 3.03. The van der Waals surface area contributed by atoms with E-state index in [1.54, 1.807) is 0 Å². The summed E-state index contributed by atoms with van der Waals surface area (Å²) in [5, 5.41) is 12.1. The molecule has 1 heterocycles. The Morgan fingerprint density at radius 2 is 1.69 bits per heavy atom. The summed E-state index contributed by atoms with van der Waals surface area (Å²) in [6, 6.07) is 5.02. The van der Waals surface area contributed by atoms with Gasteiger partial charge in [-0.3, -0.25) is 9.59 Å². The number of carboxylic acids is 1. The van der Waals surface area contributed by atoms with E-state index in [4.69, 9.17) is 16.7 Å². The molecule has 2 aromatic carbocycles. The van der Waals surface area contributed by atoms with E-state index in [9.17, 15) is 27.6 Å². The summed E-state index contributed by atoms with van der Waals surface area (Å²) in [4.78, 5) is 37.6. The first-order chi connectivity index (χ1) is 13.7. The number of benzene rings is 2. The van der Waals surface area contributed by atoms with E-state index < -0.39 is 46.9 Å². The number of aromatic carboxylic acids is 1. The fraction of sp³-hybridized carbons (Fsp3) is 0.105. The number of carboxylic acid groups (broad SMARTS) is 1. The molecule has 3 rings (SSSR count). The Labute approximate surface area is 165 Å². The van der Waals surface area contributed by atoms with Gasteiger partial charge in [-0.2, -0.15) is 0 Å². The van der Waals surface area contributed by atoms with Crippen molar-refractivity contribution in [1.29, 1.82) is 0 Å². The molecule has 3 N–H and O–H groups in total. The van der Waals surface area contributed by atoms with Crippen LogP contribution in [0.2, 0.25) is 5.02 Å². The molecule has 0 atom stereocenters. The topological polar surface area (TPSA) is 99.3 Å². The minimum absolute atomic E-state index is 0.135. The molecule has 0 aliphatic rings. The Kier molecular flexibility index (Phi) is 5.60. The average molecular weight is 425 g/mol. The van der Waals surface area contributed by atoms with Crippen LogP contribution in [-0.2, 0) is 17.8 Å². The lowest BCUT2D eigenvalue weighted by Crippen LogP contribution is -2.25. The average Bonchev–Trinajstić information content (AvgIpc) is 2.64. The molecule has 6 nitrogen and oxygen atoms in total. The summed E-state index contributed by atoms with van der Waals surface area (Å²) in [6.07, 6.45) is -0.540. The molecule has 0 unspecified atom stereocenters. The van der Waals surface area contributed by atoms with Gasteiger partial charge >= 0.3 is 5.97 Å². The number of nitrogens with one attached hydrogen (secondary N) is 2. The van der Waals surface area contributed by atoms with E-state index in [1.165, 1.54) is 12.1 Å². The van der Waals surface area contributed by atoms with Crippen molar-refractivity contribution >= 4 is 34.4 Å². The lowest BCUT2D eigenvalue weighted by molar-refractivity contribution is -0.120. The number of amides is 1. The first-order valence-electron chi connectivity index (χ1n) is 8.14. The number of aromatic nitrogens is 1. The van der Waals surface area contributed by atoms with E-state index in [1.807, 2.05) is 0 Å². The predicted molar refractivity (Wildman–Crippen MR) is 98.4 cm³/mol. The molecule has 150 valence electrons. The summed E-state index contributed by atoms with van der Waals surface area (Å²) >= 11 is 6.01. The number of hydrogen-bond acceptors (Lipinski definition) is 3. The number of H-pyrrole nitrogens is 1. The molecule has 0 fully saturated rings. The summed E-state index contributed by atoms with van der Waals surface area (Å²) in [6.45, 7) is -0.135. The number of hydrogen-bond donors (Lipinski definition) is 3. The van der Waals surface area contributed by atoms with Crippen LogP contribution in [0.4, 0.5) is 13.2 Å². The summed E-state index contributed by atoms with van der Waals surface area (Å²) in [5.41, 5.74) is -0.978. The van der Waals surface area contributed by atoms with Crippen LogP contribution >= 0.6 is 11.6 Å². The molecule has 3 aromatic rings. The molecule has 0 radical (unpaired) electrons. The van der Waals surface area contributed by atoms with Gasteiger partial charge < -0.3 is 15.4 Å². The van der Waals surface area contributed by atoms with Gasteiger partial charge in [-0.15, -0.1) is 0 Å². The second kappa shape index (κ2) is 7.96. The van der Waals surface area contributed by atoms with E-state index in [0.717, 1.165) is 6.07 Å². The van der Waals surface area contributed by atoms with Crippen molar-refractivity contribution in [1.82, 2.24) is 10.3 Å². The van der Waals surface area contributed by atoms with Gasteiger partial charge in [0.25, 0.3) is 5.56 Å². The number of carbonyl (C=O) groups excluding carboxylic acids is 1. The number of rotatable bonds is 5.